The van der Waals surface area contributed by atoms with E-state index < -0.39 is 5.41 Å². The number of carbonyl (C=O) groups is 1. The predicted octanol–water partition coefficient (Wildman–Crippen LogP) is 1.71. The molecule has 0 saturated carbocycles. The molecule has 0 spiro atoms. The maximum atomic E-state index is 12.1. The van der Waals surface area contributed by atoms with Crippen LogP contribution in [0.2, 0.25) is 0 Å². The number of nitrogens with one attached hydrogen (secondary N) is 1. The maximum absolute atomic E-state index is 12.1. The predicted molar refractivity (Wildman–Crippen MR) is 76.0 cm³/mol. The van der Waals surface area contributed by atoms with Gasteiger partial charge in [-0.2, -0.15) is 0 Å². The molecule has 1 aromatic heterocycles. The van der Waals surface area contributed by atoms with Crippen LogP contribution in [0.25, 0.3) is 0 Å². The van der Waals surface area contributed by atoms with E-state index in [0.29, 0.717) is 13.0 Å². The van der Waals surface area contributed by atoms with Gasteiger partial charge in [0.05, 0.1) is 22.6 Å². The Hall–Kier alpha value is -1.49. The summed E-state index contributed by atoms with van der Waals surface area (Å²) in [4.78, 5) is 16.6. The van der Waals surface area contributed by atoms with E-state index in [1.807, 2.05) is 32.0 Å². The van der Waals surface area contributed by atoms with E-state index in [1.54, 1.807) is 6.92 Å². The number of rotatable bonds is 5. The first-order valence-corrected chi connectivity index (χ1v) is 6.31. The van der Waals surface area contributed by atoms with E-state index in [9.17, 15) is 4.79 Å². The van der Waals surface area contributed by atoms with Crippen LogP contribution in [0.4, 0.5) is 0 Å². The third kappa shape index (κ3) is 3.26. The van der Waals surface area contributed by atoms with Crippen LogP contribution >= 0.6 is 12.2 Å². The zero-order chi connectivity index (χ0) is 13.8. The molecule has 1 amide bonds. The average Bonchev–Trinajstić information content (AvgIpc) is 2.34. The number of amides is 1. The van der Waals surface area contributed by atoms with Gasteiger partial charge in [-0.05, 0) is 32.4 Å². The van der Waals surface area contributed by atoms with Crippen LogP contribution in [0, 0.1) is 12.3 Å². The lowest BCUT2D eigenvalue weighted by Crippen LogP contribution is -2.46. The smallest absolute Gasteiger partial charge is 0.233 e. The molecule has 1 heterocycles. The third-order valence-corrected chi connectivity index (χ3v) is 3.58. The second-order valence-corrected chi connectivity index (χ2v) is 4.94. The van der Waals surface area contributed by atoms with Gasteiger partial charge in [0, 0.05) is 5.69 Å². The first-order chi connectivity index (χ1) is 8.40. The minimum Gasteiger partial charge on any atom is -0.392 e. The largest absolute Gasteiger partial charge is 0.392 e. The van der Waals surface area contributed by atoms with Gasteiger partial charge in [0.25, 0.3) is 0 Å². The van der Waals surface area contributed by atoms with Crippen molar-refractivity contribution in [1.82, 2.24) is 10.3 Å². The third-order valence-electron chi connectivity index (χ3n) is 3.13. The van der Waals surface area contributed by atoms with Crippen LogP contribution in [-0.2, 0) is 11.3 Å². The minimum atomic E-state index is -0.793. The van der Waals surface area contributed by atoms with Gasteiger partial charge in [-0.1, -0.05) is 25.2 Å². The second-order valence-electron chi connectivity index (χ2n) is 4.50. The summed E-state index contributed by atoms with van der Waals surface area (Å²) in [6.07, 6.45) is 0.579. The Kier molecular flexibility index (Phi) is 4.78. The molecule has 5 heteroatoms. The summed E-state index contributed by atoms with van der Waals surface area (Å²) < 4.78 is 0. The number of pyridine rings is 1. The molecule has 1 aromatic rings. The summed E-state index contributed by atoms with van der Waals surface area (Å²) in [5, 5.41) is 2.83. The number of nitrogens with zero attached hydrogens (tertiary/aromatic N) is 1. The van der Waals surface area contributed by atoms with Crippen LogP contribution in [0.15, 0.2) is 18.2 Å². The molecule has 0 aliphatic rings. The number of aromatic nitrogens is 1. The normalized spacial score (nSPS) is 13.7. The van der Waals surface area contributed by atoms with E-state index >= 15 is 0 Å². The fourth-order valence-corrected chi connectivity index (χ4v) is 1.75. The van der Waals surface area contributed by atoms with Gasteiger partial charge in [0.1, 0.15) is 0 Å². The van der Waals surface area contributed by atoms with E-state index in [4.69, 9.17) is 18.0 Å². The van der Waals surface area contributed by atoms with Crippen molar-refractivity contribution in [1.29, 1.82) is 0 Å². The second kappa shape index (κ2) is 5.91. The molecule has 0 aromatic carbocycles. The van der Waals surface area contributed by atoms with E-state index in [1.165, 1.54) is 0 Å². The molecule has 1 unspecified atom stereocenters. The van der Waals surface area contributed by atoms with Gasteiger partial charge in [-0.3, -0.25) is 9.78 Å². The fourth-order valence-electron chi connectivity index (χ4n) is 1.51. The molecule has 18 heavy (non-hydrogen) atoms. The van der Waals surface area contributed by atoms with Crippen molar-refractivity contribution in [2.24, 2.45) is 11.1 Å². The van der Waals surface area contributed by atoms with Gasteiger partial charge in [-0.25, -0.2) is 0 Å². The highest BCUT2D eigenvalue weighted by atomic mass is 32.1. The lowest BCUT2D eigenvalue weighted by atomic mass is 9.86. The summed E-state index contributed by atoms with van der Waals surface area (Å²) in [5.74, 6) is -0.152. The maximum Gasteiger partial charge on any atom is 0.233 e. The molecular weight excluding hydrogens is 246 g/mol. The summed E-state index contributed by atoms with van der Waals surface area (Å²) in [5.41, 5.74) is 6.59. The lowest BCUT2D eigenvalue weighted by molar-refractivity contribution is -0.127. The van der Waals surface area contributed by atoms with Crippen molar-refractivity contribution in [3.63, 3.8) is 0 Å². The number of nitrogens with two attached hydrogens (primary N) is 1. The highest BCUT2D eigenvalue weighted by Gasteiger charge is 2.34. The Morgan fingerprint density at radius 1 is 1.56 bits per heavy atom. The van der Waals surface area contributed by atoms with Gasteiger partial charge in [-0.15, -0.1) is 0 Å². The molecule has 0 fully saturated rings. The van der Waals surface area contributed by atoms with Crippen LogP contribution in [0.5, 0.6) is 0 Å². The Bertz CT molecular complexity index is 461. The number of hydrogen-bond acceptors (Lipinski definition) is 3. The van der Waals surface area contributed by atoms with Gasteiger partial charge in [0.2, 0.25) is 5.91 Å². The van der Waals surface area contributed by atoms with Crippen molar-refractivity contribution in [2.45, 2.75) is 33.7 Å². The fraction of sp³-hybridized carbons (Fsp3) is 0.462. The Morgan fingerprint density at radius 3 is 2.72 bits per heavy atom. The van der Waals surface area contributed by atoms with Gasteiger partial charge >= 0.3 is 0 Å². The van der Waals surface area contributed by atoms with Gasteiger partial charge < -0.3 is 11.1 Å². The summed E-state index contributed by atoms with van der Waals surface area (Å²) in [6.45, 7) is 5.95. The first-order valence-electron chi connectivity index (χ1n) is 5.91. The topological polar surface area (TPSA) is 68.0 Å². The number of aryl methyl sites for hydroxylation is 1. The molecule has 3 N–H and O–H groups in total. The number of hydrogen-bond donors (Lipinski definition) is 2. The monoisotopic (exact) mass is 265 g/mol. The quantitative estimate of drug-likeness (QED) is 0.795. The summed E-state index contributed by atoms with van der Waals surface area (Å²) >= 11 is 4.96. The van der Waals surface area contributed by atoms with Crippen LogP contribution in [0.1, 0.15) is 31.7 Å². The Balaban J connectivity index is 2.69. The Labute approximate surface area is 113 Å². The molecule has 98 valence electrons. The highest BCUT2D eigenvalue weighted by molar-refractivity contribution is 7.80. The zero-order valence-corrected chi connectivity index (χ0v) is 11.8. The SMILES string of the molecule is CCC(C)(C(=O)NCc1cccc(C)n1)C(N)=S. The summed E-state index contributed by atoms with van der Waals surface area (Å²) in [7, 11) is 0. The molecule has 0 saturated heterocycles. The minimum absolute atomic E-state index is 0.152. The Morgan fingerprint density at radius 2 is 2.22 bits per heavy atom. The van der Waals surface area contributed by atoms with Crippen molar-refractivity contribution >= 4 is 23.1 Å². The van der Waals surface area contributed by atoms with Crippen molar-refractivity contribution in [3.05, 3.63) is 29.6 Å². The lowest BCUT2D eigenvalue weighted by Gasteiger charge is -2.25. The van der Waals surface area contributed by atoms with Crippen molar-refractivity contribution in [2.75, 3.05) is 0 Å². The number of thiocarbonyl (C=S) groups is 1. The van der Waals surface area contributed by atoms with E-state index in [0.717, 1.165) is 11.4 Å². The average molecular weight is 265 g/mol. The molecule has 1 rings (SSSR count). The van der Waals surface area contributed by atoms with E-state index in [-0.39, 0.29) is 10.9 Å². The molecule has 0 aliphatic heterocycles. The number of carbonyl (C=O) groups excluding carboxylic acids is 1. The van der Waals surface area contributed by atoms with Crippen molar-refractivity contribution in [3.8, 4) is 0 Å². The van der Waals surface area contributed by atoms with Crippen LogP contribution in [-0.4, -0.2) is 15.9 Å². The molecule has 4 nitrogen and oxygen atoms in total. The van der Waals surface area contributed by atoms with Crippen molar-refractivity contribution < 1.29 is 4.79 Å². The zero-order valence-electron chi connectivity index (χ0n) is 11.0. The molecular formula is C13H19N3OS. The molecule has 0 bridgehead atoms. The molecule has 0 radical (unpaired) electrons. The molecule has 1 atom stereocenters. The van der Waals surface area contributed by atoms with Crippen LogP contribution < -0.4 is 11.1 Å². The first kappa shape index (κ1) is 14.6. The standard InChI is InChI=1S/C13H19N3OS/c1-4-13(3,11(14)18)12(17)15-8-10-7-5-6-9(2)16-10/h5-7H,4,8H2,1-3H3,(H2,14,18)(H,15,17). The van der Waals surface area contributed by atoms with E-state index in [2.05, 4.69) is 10.3 Å². The molecule has 0 aliphatic carbocycles. The summed E-state index contributed by atoms with van der Waals surface area (Å²) in [6, 6.07) is 5.70. The highest BCUT2D eigenvalue weighted by Crippen LogP contribution is 2.21. The van der Waals surface area contributed by atoms with Gasteiger partial charge in [0.15, 0.2) is 0 Å². The van der Waals surface area contributed by atoms with Crippen LogP contribution in [0.3, 0.4) is 0 Å².